The van der Waals surface area contributed by atoms with Crippen LogP contribution in [0.2, 0.25) is 5.02 Å². The van der Waals surface area contributed by atoms with Crippen molar-refractivity contribution in [3.63, 3.8) is 0 Å². The average Bonchev–Trinajstić information content (AvgIpc) is 2.41. The lowest BCUT2D eigenvalue weighted by molar-refractivity contribution is -0.0455. The van der Waals surface area contributed by atoms with Crippen LogP contribution in [-0.2, 0) is 4.74 Å². The van der Waals surface area contributed by atoms with Crippen LogP contribution in [0.15, 0.2) is 12.1 Å². The molecule has 3 rings (SSSR count). The monoisotopic (exact) mass is 283 g/mol. The number of ether oxygens (including phenoxy) is 2. The van der Waals surface area contributed by atoms with Gasteiger partial charge in [0.25, 0.3) is 0 Å². The number of nitrogens with zero attached hydrogens (tertiary/aromatic N) is 1. The molecule has 1 N–H and O–H groups in total. The van der Waals surface area contributed by atoms with Crippen molar-refractivity contribution in [2.45, 2.75) is 19.1 Å². The van der Waals surface area contributed by atoms with Crippen LogP contribution < -0.4 is 4.74 Å². The summed E-state index contributed by atoms with van der Waals surface area (Å²) in [5.41, 5.74) is 1.77. The molecule has 19 heavy (non-hydrogen) atoms. The van der Waals surface area contributed by atoms with Crippen molar-refractivity contribution in [3.05, 3.63) is 28.3 Å². The van der Waals surface area contributed by atoms with E-state index >= 15 is 0 Å². The van der Waals surface area contributed by atoms with Gasteiger partial charge in [-0.2, -0.15) is 0 Å². The molecule has 2 unspecified atom stereocenters. The number of halogens is 1. The predicted molar refractivity (Wildman–Crippen MR) is 72.8 cm³/mol. The summed E-state index contributed by atoms with van der Waals surface area (Å²) < 4.78 is 11.2. The van der Waals surface area contributed by atoms with E-state index in [2.05, 4.69) is 4.90 Å². The number of fused-ring (bicyclic) bond motifs is 1. The third-order valence-corrected chi connectivity index (χ3v) is 4.08. The highest BCUT2D eigenvalue weighted by atomic mass is 35.5. The Kier molecular flexibility index (Phi) is 3.67. The lowest BCUT2D eigenvalue weighted by atomic mass is 9.95. The molecule has 1 fully saturated rings. The van der Waals surface area contributed by atoms with Crippen LogP contribution in [0.5, 0.6) is 5.75 Å². The highest BCUT2D eigenvalue weighted by Gasteiger charge is 2.35. The maximum absolute atomic E-state index is 10.6. The van der Waals surface area contributed by atoms with Gasteiger partial charge >= 0.3 is 0 Å². The molecule has 104 valence electrons. The van der Waals surface area contributed by atoms with Crippen LogP contribution in [0.3, 0.4) is 0 Å². The summed E-state index contributed by atoms with van der Waals surface area (Å²) in [5, 5.41) is 11.2. The molecule has 2 heterocycles. The predicted octanol–water partition coefficient (Wildman–Crippen LogP) is 1.78. The van der Waals surface area contributed by atoms with E-state index < -0.39 is 6.10 Å². The number of hydrogen-bond acceptors (Lipinski definition) is 4. The van der Waals surface area contributed by atoms with E-state index in [4.69, 9.17) is 21.1 Å². The van der Waals surface area contributed by atoms with Crippen molar-refractivity contribution < 1.29 is 14.6 Å². The largest absolute Gasteiger partial charge is 0.491 e. The molecular weight excluding hydrogens is 266 g/mol. The molecule has 4 nitrogen and oxygen atoms in total. The smallest absolute Gasteiger partial charge is 0.128 e. The first-order valence-corrected chi connectivity index (χ1v) is 6.97. The fraction of sp³-hybridized carbons (Fsp3) is 0.571. The Morgan fingerprint density at radius 2 is 2.05 bits per heavy atom. The standard InChI is InChI=1S/C14H18ClNO3/c1-9-6-10(15)7-11-13(17)12(8-19-14(9)11)16-2-4-18-5-3-16/h6-7,12-13,17H,2-5,8H2,1H3. The molecule has 0 amide bonds. The third kappa shape index (κ3) is 2.46. The Bertz CT molecular complexity index is 474. The molecule has 1 aromatic carbocycles. The second-order valence-corrected chi connectivity index (χ2v) is 5.55. The molecule has 0 spiro atoms. The van der Waals surface area contributed by atoms with E-state index in [0.717, 1.165) is 30.0 Å². The minimum atomic E-state index is -0.556. The first kappa shape index (κ1) is 13.2. The summed E-state index contributed by atoms with van der Waals surface area (Å²) in [6, 6.07) is 3.65. The maximum atomic E-state index is 10.6. The number of morpholine rings is 1. The quantitative estimate of drug-likeness (QED) is 0.853. The Balaban J connectivity index is 1.88. The van der Waals surface area contributed by atoms with Crippen LogP contribution in [0.4, 0.5) is 0 Å². The highest BCUT2D eigenvalue weighted by Crippen LogP contribution is 2.38. The summed E-state index contributed by atoms with van der Waals surface area (Å²) in [5.74, 6) is 0.779. The van der Waals surface area contributed by atoms with Crippen molar-refractivity contribution in [1.82, 2.24) is 4.90 Å². The molecule has 0 aliphatic carbocycles. The van der Waals surface area contributed by atoms with Gasteiger partial charge in [0.2, 0.25) is 0 Å². The summed E-state index contributed by atoms with van der Waals surface area (Å²) >= 11 is 6.08. The van der Waals surface area contributed by atoms with Gasteiger partial charge in [-0.25, -0.2) is 0 Å². The lowest BCUT2D eigenvalue weighted by Crippen LogP contribution is -2.50. The van der Waals surface area contributed by atoms with E-state index in [-0.39, 0.29) is 6.04 Å². The molecule has 1 aromatic rings. The maximum Gasteiger partial charge on any atom is 0.128 e. The van der Waals surface area contributed by atoms with Gasteiger partial charge in [-0.3, -0.25) is 4.90 Å². The number of hydrogen-bond donors (Lipinski definition) is 1. The summed E-state index contributed by atoms with van der Waals surface area (Å²) in [6.07, 6.45) is -0.556. The van der Waals surface area contributed by atoms with Crippen LogP contribution in [-0.4, -0.2) is 49.0 Å². The normalized spacial score (nSPS) is 27.7. The Morgan fingerprint density at radius 1 is 1.32 bits per heavy atom. The highest BCUT2D eigenvalue weighted by molar-refractivity contribution is 6.30. The van der Waals surface area contributed by atoms with Gasteiger partial charge in [-0.1, -0.05) is 11.6 Å². The Hall–Kier alpha value is -0.810. The lowest BCUT2D eigenvalue weighted by Gasteiger charge is -2.40. The molecule has 2 aliphatic heterocycles. The molecule has 1 saturated heterocycles. The molecular formula is C14H18ClNO3. The van der Waals surface area contributed by atoms with Crippen LogP contribution in [0, 0.1) is 6.92 Å². The number of aryl methyl sites for hydroxylation is 1. The average molecular weight is 284 g/mol. The van der Waals surface area contributed by atoms with Gasteiger partial charge in [0.05, 0.1) is 19.3 Å². The van der Waals surface area contributed by atoms with Gasteiger partial charge in [-0.05, 0) is 24.6 Å². The molecule has 2 aliphatic rings. The molecule has 0 saturated carbocycles. The number of benzene rings is 1. The fourth-order valence-electron chi connectivity index (χ4n) is 2.85. The van der Waals surface area contributed by atoms with E-state index in [1.54, 1.807) is 6.07 Å². The van der Waals surface area contributed by atoms with Crippen LogP contribution in [0.1, 0.15) is 17.2 Å². The van der Waals surface area contributed by atoms with Gasteiger partial charge < -0.3 is 14.6 Å². The first-order chi connectivity index (χ1) is 9.16. The summed E-state index contributed by atoms with van der Waals surface area (Å²) in [4.78, 5) is 2.23. The second-order valence-electron chi connectivity index (χ2n) is 5.11. The number of rotatable bonds is 1. The molecule has 0 bridgehead atoms. The van der Waals surface area contributed by atoms with Gasteiger partial charge in [-0.15, -0.1) is 0 Å². The van der Waals surface area contributed by atoms with E-state index in [0.29, 0.717) is 24.8 Å². The second kappa shape index (κ2) is 5.29. The van der Waals surface area contributed by atoms with Crippen molar-refractivity contribution in [2.75, 3.05) is 32.9 Å². The minimum Gasteiger partial charge on any atom is -0.491 e. The van der Waals surface area contributed by atoms with Crippen LogP contribution in [0.25, 0.3) is 0 Å². The van der Waals surface area contributed by atoms with E-state index in [1.807, 2.05) is 13.0 Å². The Labute approximate surface area is 117 Å². The number of aliphatic hydroxyl groups excluding tert-OH is 1. The fourth-order valence-corrected chi connectivity index (χ4v) is 3.14. The summed E-state index contributed by atoms with van der Waals surface area (Å²) in [6.45, 7) is 5.55. The molecule has 5 heteroatoms. The van der Waals surface area contributed by atoms with Gasteiger partial charge in [0, 0.05) is 23.7 Å². The third-order valence-electron chi connectivity index (χ3n) is 3.86. The molecule has 2 atom stereocenters. The Morgan fingerprint density at radius 3 is 2.79 bits per heavy atom. The zero-order chi connectivity index (χ0) is 13.4. The van der Waals surface area contributed by atoms with Gasteiger partial charge in [0.15, 0.2) is 0 Å². The van der Waals surface area contributed by atoms with E-state index in [9.17, 15) is 5.11 Å². The van der Waals surface area contributed by atoms with Crippen molar-refractivity contribution in [1.29, 1.82) is 0 Å². The molecule has 0 radical (unpaired) electrons. The SMILES string of the molecule is Cc1cc(Cl)cc2c1OCC(N1CCOCC1)C2O. The zero-order valence-electron chi connectivity index (χ0n) is 10.9. The van der Waals surface area contributed by atoms with Crippen LogP contribution >= 0.6 is 11.6 Å². The minimum absolute atomic E-state index is 0.0192. The van der Waals surface area contributed by atoms with Crippen molar-refractivity contribution >= 4 is 11.6 Å². The zero-order valence-corrected chi connectivity index (χ0v) is 11.7. The topological polar surface area (TPSA) is 41.9 Å². The number of aliphatic hydroxyl groups is 1. The molecule has 0 aromatic heterocycles. The summed E-state index contributed by atoms with van der Waals surface area (Å²) in [7, 11) is 0. The van der Waals surface area contributed by atoms with Gasteiger partial charge in [0.1, 0.15) is 18.5 Å². The van der Waals surface area contributed by atoms with Crippen molar-refractivity contribution in [2.24, 2.45) is 0 Å². The first-order valence-electron chi connectivity index (χ1n) is 6.59. The van der Waals surface area contributed by atoms with E-state index in [1.165, 1.54) is 0 Å². The van der Waals surface area contributed by atoms with Crippen molar-refractivity contribution in [3.8, 4) is 5.75 Å².